The largest absolute Gasteiger partial charge is 0.494 e. The van der Waals surface area contributed by atoms with E-state index < -0.39 is 0 Å². The number of thiophene rings is 1. The van der Waals surface area contributed by atoms with Gasteiger partial charge in [0.25, 0.3) is 0 Å². The van der Waals surface area contributed by atoms with Crippen molar-refractivity contribution in [3.05, 3.63) is 46.7 Å². The zero-order valence-corrected chi connectivity index (χ0v) is 16.0. The van der Waals surface area contributed by atoms with Gasteiger partial charge in [-0.05, 0) is 62.0 Å². The van der Waals surface area contributed by atoms with Gasteiger partial charge in [0.15, 0.2) is 0 Å². The lowest BCUT2D eigenvalue weighted by atomic mass is 10.2. The minimum atomic E-state index is 0.0590. The van der Waals surface area contributed by atoms with Gasteiger partial charge in [-0.25, -0.2) is 0 Å². The van der Waals surface area contributed by atoms with Gasteiger partial charge in [0.2, 0.25) is 5.91 Å². The zero-order chi connectivity index (χ0) is 18.2. The number of benzene rings is 1. The van der Waals surface area contributed by atoms with Gasteiger partial charge in [0, 0.05) is 10.9 Å². The van der Waals surface area contributed by atoms with Crippen LogP contribution < -0.4 is 14.8 Å². The highest BCUT2D eigenvalue weighted by Gasteiger charge is 2.27. The third kappa shape index (κ3) is 5.22. The van der Waals surface area contributed by atoms with Gasteiger partial charge in [-0.15, -0.1) is 11.3 Å². The minimum absolute atomic E-state index is 0.0590. The Morgan fingerprint density at radius 1 is 1.23 bits per heavy atom. The maximum atomic E-state index is 12.2. The number of rotatable bonds is 9. The number of carbonyl (C=O) groups excluding carboxylic acids is 1. The Morgan fingerprint density at radius 2 is 2.00 bits per heavy atom. The molecule has 1 amide bonds. The summed E-state index contributed by atoms with van der Waals surface area (Å²) in [5, 5.41) is 5.05. The molecule has 0 bridgehead atoms. The lowest BCUT2D eigenvalue weighted by molar-refractivity contribution is -0.122. The van der Waals surface area contributed by atoms with E-state index in [0.29, 0.717) is 32.3 Å². The Hall–Kier alpha value is -2.05. The van der Waals surface area contributed by atoms with Crippen molar-refractivity contribution in [3.8, 4) is 11.5 Å². The monoisotopic (exact) mass is 374 g/mol. The zero-order valence-electron chi connectivity index (χ0n) is 15.1. The van der Waals surface area contributed by atoms with E-state index in [4.69, 9.17) is 9.47 Å². The van der Waals surface area contributed by atoms with E-state index in [0.717, 1.165) is 30.9 Å². The van der Waals surface area contributed by atoms with Gasteiger partial charge >= 0.3 is 0 Å². The van der Waals surface area contributed by atoms with E-state index in [-0.39, 0.29) is 5.91 Å². The van der Waals surface area contributed by atoms with Gasteiger partial charge in [0.1, 0.15) is 18.1 Å². The topological polar surface area (TPSA) is 50.8 Å². The molecule has 0 aliphatic carbocycles. The van der Waals surface area contributed by atoms with Crippen LogP contribution in [0.3, 0.4) is 0 Å². The molecule has 0 saturated carbocycles. The first kappa shape index (κ1) is 18.7. The van der Waals surface area contributed by atoms with Gasteiger partial charge in [-0.1, -0.05) is 6.07 Å². The van der Waals surface area contributed by atoms with Crippen molar-refractivity contribution >= 4 is 17.2 Å². The molecule has 6 heteroatoms. The second kappa shape index (κ2) is 9.59. The maximum absolute atomic E-state index is 12.2. The first-order valence-corrected chi connectivity index (χ1v) is 10.0. The van der Waals surface area contributed by atoms with Crippen LogP contribution in [-0.4, -0.2) is 43.7 Å². The number of hydrogen-bond acceptors (Lipinski definition) is 5. The molecule has 1 N–H and O–H groups in total. The van der Waals surface area contributed by atoms with Crippen LogP contribution in [0, 0.1) is 0 Å². The lowest BCUT2D eigenvalue weighted by Gasteiger charge is -2.22. The molecule has 26 heavy (non-hydrogen) atoms. The molecule has 5 nitrogen and oxygen atoms in total. The van der Waals surface area contributed by atoms with Crippen molar-refractivity contribution in [1.29, 1.82) is 0 Å². The number of nitrogens with one attached hydrogen (secondary N) is 1. The summed E-state index contributed by atoms with van der Waals surface area (Å²) in [5.41, 5.74) is 0. The highest BCUT2D eigenvalue weighted by Crippen LogP contribution is 2.33. The SMILES string of the molecule is CCOc1ccc(OCCNC(=O)CN2CCCC2c2cccs2)cc1. The van der Waals surface area contributed by atoms with E-state index >= 15 is 0 Å². The smallest absolute Gasteiger partial charge is 0.234 e. The van der Waals surface area contributed by atoms with E-state index in [2.05, 4.69) is 27.7 Å². The summed E-state index contributed by atoms with van der Waals surface area (Å²) < 4.78 is 11.1. The molecule has 0 spiro atoms. The molecule has 1 aliphatic rings. The third-order valence-corrected chi connectivity index (χ3v) is 5.38. The fourth-order valence-electron chi connectivity index (χ4n) is 3.22. The number of carbonyl (C=O) groups is 1. The molecule has 1 fully saturated rings. The molecule has 2 heterocycles. The highest BCUT2D eigenvalue weighted by atomic mass is 32.1. The summed E-state index contributed by atoms with van der Waals surface area (Å²) in [7, 11) is 0. The summed E-state index contributed by atoms with van der Waals surface area (Å²) in [6, 6.07) is 12.2. The van der Waals surface area contributed by atoms with Crippen molar-refractivity contribution in [2.45, 2.75) is 25.8 Å². The molecule has 1 aromatic carbocycles. The molecule has 1 unspecified atom stereocenters. The van der Waals surface area contributed by atoms with E-state index in [1.807, 2.05) is 31.2 Å². The predicted octanol–water partition coefficient (Wildman–Crippen LogP) is 3.48. The van der Waals surface area contributed by atoms with Crippen LogP contribution in [0.15, 0.2) is 41.8 Å². The second-order valence-corrected chi connectivity index (χ2v) is 7.23. The minimum Gasteiger partial charge on any atom is -0.494 e. The Morgan fingerprint density at radius 3 is 2.69 bits per heavy atom. The van der Waals surface area contributed by atoms with Crippen molar-refractivity contribution in [1.82, 2.24) is 10.2 Å². The lowest BCUT2D eigenvalue weighted by Crippen LogP contribution is -2.38. The van der Waals surface area contributed by atoms with Crippen LogP contribution in [0.2, 0.25) is 0 Å². The highest BCUT2D eigenvalue weighted by molar-refractivity contribution is 7.10. The Kier molecular flexibility index (Phi) is 6.91. The number of amides is 1. The van der Waals surface area contributed by atoms with Crippen molar-refractivity contribution in [2.24, 2.45) is 0 Å². The molecule has 1 atom stereocenters. The molecule has 1 aliphatic heterocycles. The fourth-order valence-corrected chi connectivity index (χ4v) is 4.11. The van der Waals surface area contributed by atoms with Crippen LogP contribution >= 0.6 is 11.3 Å². The average molecular weight is 375 g/mol. The summed E-state index contributed by atoms with van der Waals surface area (Å²) in [6.45, 7) is 5.00. The first-order chi connectivity index (χ1) is 12.8. The summed E-state index contributed by atoms with van der Waals surface area (Å²) in [6.07, 6.45) is 2.28. The van der Waals surface area contributed by atoms with Gasteiger partial charge in [-0.3, -0.25) is 9.69 Å². The first-order valence-electron chi connectivity index (χ1n) is 9.16. The van der Waals surface area contributed by atoms with E-state index in [1.54, 1.807) is 11.3 Å². The fraction of sp³-hybridized carbons (Fsp3) is 0.450. The quantitative estimate of drug-likeness (QED) is 0.683. The second-order valence-electron chi connectivity index (χ2n) is 6.25. The Labute approximate surface area is 158 Å². The van der Waals surface area contributed by atoms with Crippen LogP contribution in [-0.2, 0) is 4.79 Å². The normalized spacial score (nSPS) is 17.2. The molecular formula is C20H26N2O3S. The number of ether oxygens (including phenoxy) is 2. The van der Waals surface area contributed by atoms with Crippen molar-refractivity contribution in [3.63, 3.8) is 0 Å². The van der Waals surface area contributed by atoms with Crippen molar-refractivity contribution in [2.75, 3.05) is 32.8 Å². The Balaban J connectivity index is 1.36. The summed E-state index contributed by atoms with van der Waals surface area (Å²) >= 11 is 1.77. The molecule has 1 saturated heterocycles. The van der Waals surface area contributed by atoms with Crippen LogP contribution in [0.25, 0.3) is 0 Å². The number of hydrogen-bond donors (Lipinski definition) is 1. The van der Waals surface area contributed by atoms with Crippen LogP contribution in [0.4, 0.5) is 0 Å². The molecule has 140 valence electrons. The van der Waals surface area contributed by atoms with Gasteiger partial charge in [0.05, 0.1) is 19.7 Å². The third-order valence-electron chi connectivity index (χ3n) is 4.41. The standard InChI is InChI=1S/C20H26N2O3S/c1-2-24-16-7-9-17(10-8-16)25-13-11-21-20(23)15-22-12-3-5-18(22)19-6-4-14-26-19/h4,6-10,14,18H,2-3,5,11-13,15H2,1H3,(H,21,23). The van der Waals surface area contributed by atoms with Gasteiger partial charge in [-0.2, -0.15) is 0 Å². The number of likely N-dealkylation sites (tertiary alicyclic amines) is 1. The average Bonchev–Trinajstić information content (AvgIpc) is 3.32. The Bertz CT molecular complexity index is 673. The maximum Gasteiger partial charge on any atom is 0.234 e. The van der Waals surface area contributed by atoms with E-state index in [9.17, 15) is 4.79 Å². The van der Waals surface area contributed by atoms with Gasteiger partial charge < -0.3 is 14.8 Å². The number of nitrogens with zero attached hydrogens (tertiary/aromatic N) is 1. The van der Waals surface area contributed by atoms with Crippen molar-refractivity contribution < 1.29 is 14.3 Å². The predicted molar refractivity (Wildman–Crippen MR) is 104 cm³/mol. The molecule has 3 rings (SSSR count). The summed E-state index contributed by atoms with van der Waals surface area (Å²) in [4.78, 5) is 15.8. The van der Waals surface area contributed by atoms with Crippen LogP contribution in [0.5, 0.6) is 11.5 Å². The molecular weight excluding hydrogens is 348 g/mol. The summed E-state index contributed by atoms with van der Waals surface area (Å²) in [5.74, 6) is 1.67. The van der Waals surface area contributed by atoms with E-state index in [1.165, 1.54) is 4.88 Å². The van der Waals surface area contributed by atoms with Crippen LogP contribution in [0.1, 0.15) is 30.7 Å². The molecule has 2 aromatic rings. The molecule has 0 radical (unpaired) electrons. The molecule has 1 aromatic heterocycles.